The van der Waals surface area contributed by atoms with Gasteiger partial charge in [-0.15, -0.1) is 11.3 Å². The Morgan fingerprint density at radius 1 is 1.67 bits per heavy atom. The smallest absolute Gasteiger partial charge is 0.357 e. The molecule has 0 aliphatic heterocycles. The average Bonchev–Trinajstić information content (AvgIpc) is 2.64. The number of carbonyl (C=O) groups is 1. The van der Waals surface area contributed by atoms with Crippen LogP contribution in [-0.2, 0) is 4.74 Å². The van der Waals surface area contributed by atoms with E-state index in [0.29, 0.717) is 17.3 Å². The number of carbonyl (C=O) groups excluding carboxylic acids is 1. The van der Waals surface area contributed by atoms with Crippen molar-refractivity contribution in [1.82, 2.24) is 4.98 Å². The molecule has 0 aliphatic rings. The number of esters is 1. The fraction of sp³-hybridized carbons (Fsp3) is 0.600. The van der Waals surface area contributed by atoms with Crippen LogP contribution >= 0.6 is 11.3 Å². The zero-order valence-corrected chi connectivity index (χ0v) is 9.87. The number of ether oxygens (including phenoxy) is 1. The van der Waals surface area contributed by atoms with E-state index in [4.69, 9.17) is 0 Å². The van der Waals surface area contributed by atoms with E-state index < -0.39 is 12.1 Å². The van der Waals surface area contributed by atoms with Crippen LogP contribution < -0.4 is 0 Å². The van der Waals surface area contributed by atoms with Crippen LogP contribution in [0.2, 0.25) is 0 Å². The number of aromatic nitrogens is 1. The molecular formula is C10H15NO3S. The number of thiazole rings is 1. The summed E-state index contributed by atoms with van der Waals surface area (Å²) in [7, 11) is 1.31. The zero-order valence-electron chi connectivity index (χ0n) is 9.06. The van der Waals surface area contributed by atoms with E-state index in [1.165, 1.54) is 18.4 Å². The molecule has 0 bridgehead atoms. The summed E-state index contributed by atoms with van der Waals surface area (Å²) >= 11 is 1.28. The van der Waals surface area contributed by atoms with Crippen molar-refractivity contribution in [2.75, 3.05) is 7.11 Å². The van der Waals surface area contributed by atoms with Crippen LogP contribution in [0.5, 0.6) is 0 Å². The molecule has 1 atom stereocenters. The lowest BCUT2D eigenvalue weighted by Crippen LogP contribution is -2.04. The van der Waals surface area contributed by atoms with Crippen LogP contribution in [0.4, 0.5) is 0 Å². The van der Waals surface area contributed by atoms with Gasteiger partial charge in [0.25, 0.3) is 0 Å². The van der Waals surface area contributed by atoms with Crippen LogP contribution in [0, 0.1) is 5.92 Å². The molecule has 84 valence electrons. The number of aliphatic hydroxyl groups is 1. The van der Waals surface area contributed by atoms with Gasteiger partial charge in [0, 0.05) is 5.38 Å². The number of aliphatic hydroxyl groups excluding tert-OH is 1. The van der Waals surface area contributed by atoms with E-state index in [1.54, 1.807) is 5.38 Å². The van der Waals surface area contributed by atoms with E-state index in [2.05, 4.69) is 9.72 Å². The maximum Gasteiger partial charge on any atom is 0.357 e. The Balaban J connectivity index is 2.71. The lowest BCUT2D eigenvalue weighted by molar-refractivity contribution is 0.0594. The van der Waals surface area contributed by atoms with Gasteiger partial charge in [-0.1, -0.05) is 13.8 Å². The second-order valence-corrected chi connectivity index (χ2v) is 4.60. The van der Waals surface area contributed by atoms with Gasteiger partial charge in [0.1, 0.15) is 11.1 Å². The Kier molecular flexibility index (Phi) is 4.23. The van der Waals surface area contributed by atoms with Crippen LogP contribution in [0.1, 0.15) is 41.9 Å². The second-order valence-electron chi connectivity index (χ2n) is 3.71. The highest BCUT2D eigenvalue weighted by atomic mass is 32.1. The van der Waals surface area contributed by atoms with Crippen molar-refractivity contribution in [2.24, 2.45) is 5.92 Å². The fourth-order valence-electron chi connectivity index (χ4n) is 1.19. The molecule has 0 saturated carbocycles. The molecule has 0 aromatic carbocycles. The van der Waals surface area contributed by atoms with Crippen molar-refractivity contribution in [2.45, 2.75) is 26.4 Å². The summed E-state index contributed by atoms with van der Waals surface area (Å²) in [4.78, 5) is 15.1. The van der Waals surface area contributed by atoms with Gasteiger partial charge in [0.2, 0.25) is 0 Å². The van der Waals surface area contributed by atoms with Gasteiger partial charge in [0.15, 0.2) is 5.69 Å². The number of nitrogens with zero attached hydrogens (tertiary/aromatic N) is 1. The number of hydrogen-bond donors (Lipinski definition) is 1. The normalized spacial score (nSPS) is 12.9. The van der Waals surface area contributed by atoms with Crippen molar-refractivity contribution in [1.29, 1.82) is 0 Å². The first kappa shape index (κ1) is 12.1. The summed E-state index contributed by atoms with van der Waals surface area (Å²) in [6.07, 6.45) is 0.0575. The third-order valence-electron chi connectivity index (χ3n) is 1.90. The third-order valence-corrected chi connectivity index (χ3v) is 2.84. The Morgan fingerprint density at radius 2 is 2.33 bits per heavy atom. The van der Waals surface area contributed by atoms with Crippen molar-refractivity contribution < 1.29 is 14.6 Å². The van der Waals surface area contributed by atoms with Crippen molar-refractivity contribution in [3.05, 3.63) is 16.1 Å². The van der Waals surface area contributed by atoms with Gasteiger partial charge in [-0.25, -0.2) is 9.78 Å². The minimum Gasteiger partial charge on any atom is -0.464 e. The molecular weight excluding hydrogens is 214 g/mol. The zero-order chi connectivity index (χ0) is 11.4. The number of rotatable bonds is 4. The molecule has 0 amide bonds. The third kappa shape index (κ3) is 3.28. The molecule has 0 spiro atoms. The number of methoxy groups -OCH3 is 1. The predicted octanol–water partition coefficient (Wildman–Crippen LogP) is 2.01. The van der Waals surface area contributed by atoms with E-state index in [-0.39, 0.29) is 5.69 Å². The van der Waals surface area contributed by atoms with E-state index in [1.807, 2.05) is 13.8 Å². The molecule has 0 aliphatic carbocycles. The molecule has 1 rings (SSSR count). The summed E-state index contributed by atoms with van der Waals surface area (Å²) in [5.74, 6) is -0.0697. The van der Waals surface area contributed by atoms with Crippen LogP contribution in [0.3, 0.4) is 0 Å². The average molecular weight is 229 g/mol. The first-order valence-corrected chi connectivity index (χ1v) is 5.64. The van der Waals surface area contributed by atoms with Crippen molar-refractivity contribution in [3.8, 4) is 0 Å². The largest absolute Gasteiger partial charge is 0.464 e. The summed E-state index contributed by atoms with van der Waals surface area (Å²) in [6.45, 7) is 4.05. The van der Waals surface area contributed by atoms with Crippen LogP contribution in [0.15, 0.2) is 5.38 Å². The minimum atomic E-state index is -0.589. The molecule has 1 N–H and O–H groups in total. The van der Waals surface area contributed by atoms with Crippen LogP contribution in [0.25, 0.3) is 0 Å². The molecule has 0 saturated heterocycles. The highest BCUT2D eigenvalue weighted by Gasteiger charge is 2.17. The molecule has 1 aromatic heterocycles. The Hall–Kier alpha value is -0.940. The SMILES string of the molecule is COC(=O)c1csc(C(O)CC(C)C)n1. The molecule has 5 heteroatoms. The van der Waals surface area contributed by atoms with E-state index in [0.717, 1.165) is 0 Å². The predicted molar refractivity (Wildman–Crippen MR) is 57.9 cm³/mol. The van der Waals surface area contributed by atoms with Gasteiger partial charge in [0.05, 0.1) is 7.11 Å². The lowest BCUT2D eigenvalue weighted by Gasteiger charge is -2.09. The molecule has 1 unspecified atom stereocenters. The van der Waals surface area contributed by atoms with Gasteiger partial charge < -0.3 is 9.84 Å². The quantitative estimate of drug-likeness (QED) is 0.802. The summed E-state index contributed by atoms with van der Waals surface area (Å²) in [6, 6.07) is 0. The van der Waals surface area contributed by atoms with Crippen molar-refractivity contribution in [3.63, 3.8) is 0 Å². The Morgan fingerprint density at radius 3 is 2.87 bits per heavy atom. The Bertz CT molecular complexity index is 335. The van der Waals surface area contributed by atoms with Gasteiger partial charge >= 0.3 is 5.97 Å². The highest BCUT2D eigenvalue weighted by molar-refractivity contribution is 7.09. The summed E-state index contributed by atoms with van der Waals surface area (Å²) < 4.78 is 4.53. The molecule has 1 aromatic rings. The second kappa shape index (κ2) is 5.23. The highest BCUT2D eigenvalue weighted by Crippen LogP contribution is 2.24. The van der Waals surface area contributed by atoms with Gasteiger partial charge in [-0.3, -0.25) is 0 Å². The van der Waals surface area contributed by atoms with Crippen LogP contribution in [-0.4, -0.2) is 23.2 Å². The topological polar surface area (TPSA) is 59.4 Å². The monoisotopic (exact) mass is 229 g/mol. The standard InChI is InChI=1S/C10H15NO3S/c1-6(2)4-8(12)9-11-7(5-15-9)10(13)14-3/h5-6,8,12H,4H2,1-3H3. The van der Waals surface area contributed by atoms with Crippen molar-refractivity contribution >= 4 is 17.3 Å². The fourth-order valence-corrected chi connectivity index (χ4v) is 1.97. The molecule has 1 heterocycles. The summed E-state index contributed by atoms with van der Waals surface area (Å²) in [5, 5.41) is 11.9. The molecule has 15 heavy (non-hydrogen) atoms. The summed E-state index contributed by atoms with van der Waals surface area (Å²) in [5.41, 5.74) is 0.264. The first-order chi connectivity index (χ1) is 7.04. The molecule has 0 radical (unpaired) electrons. The Labute approximate surface area is 92.9 Å². The molecule has 4 nitrogen and oxygen atoms in total. The molecule has 0 fully saturated rings. The van der Waals surface area contributed by atoms with E-state index in [9.17, 15) is 9.90 Å². The van der Waals surface area contributed by atoms with Gasteiger partial charge in [-0.05, 0) is 12.3 Å². The first-order valence-electron chi connectivity index (χ1n) is 4.76. The maximum absolute atomic E-state index is 11.1. The minimum absolute atomic E-state index is 0.264. The lowest BCUT2D eigenvalue weighted by atomic mass is 10.1. The maximum atomic E-state index is 11.1. The van der Waals surface area contributed by atoms with Gasteiger partial charge in [-0.2, -0.15) is 0 Å². The number of hydrogen-bond acceptors (Lipinski definition) is 5. The van der Waals surface area contributed by atoms with E-state index >= 15 is 0 Å².